The molecule has 1 aliphatic rings. The Hall–Kier alpha value is -0.900. The van der Waals surface area contributed by atoms with E-state index in [2.05, 4.69) is 28.6 Å². The van der Waals surface area contributed by atoms with Crippen molar-refractivity contribution in [3.63, 3.8) is 0 Å². The third-order valence-electron chi connectivity index (χ3n) is 3.92. The topological polar surface area (TPSA) is 50.9 Å². The average molecular weight is 251 g/mol. The van der Waals surface area contributed by atoms with Crippen LogP contribution in [0.5, 0.6) is 0 Å². The molecule has 4 nitrogen and oxygen atoms in total. The molecule has 0 bridgehead atoms. The number of nitrogens with zero attached hydrogens (tertiary/aromatic N) is 3. The summed E-state index contributed by atoms with van der Waals surface area (Å²) < 4.78 is 2.13. The molecule has 0 radical (unpaired) electrons. The van der Waals surface area contributed by atoms with Gasteiger partial charge in [-0.05, 0) is 26.7 Å². The van der Waals surface area contributed by atoms with E-state index in [1.807, 2.05) is 0 Å². The van der Waals surface area contributed by atoms with Gasteiger partial charge in [0.2, 0.25) is 0 Å². The first kappa shape index (κ1) is 13.5. The first-order valence-corrected chi connectivity index (χ1v) is 7.28. The summed E-state index contributed by atoms with van der Waals surface area (Å²) in [5, 5.41) is 17.9. The van der Waals surface area contributed by atoms with Crippen LogP contribution in [0.15, 0.2) is 0 Å². The SMILES string of the molecule is CC(C)n1c(CO)nnc1C1CCCCCCC1. The average Bonchev–Trinajstić information content (AvgIpc) is 2.72. The molecular weight excluding hydrogens is 226 g/mol. The first-order valence-electron chi connectivity index (χ1n) is 7.28. The van der Waals surface area contributed by atoms with Crippen molar-refractivity contribution < 1.29 is 5.11 Å². The minimum absolute atomic E-state index is 0.0160. The standard InChI is InChI=1S/C14H25N3O/c1-11(2)17-13(10-18)15-16-14(17)12-8-6-4-3-5-7-9-12/h11-12,18H,3-10H2,1-2H3. The number of aliphatic hydroxyl groups is 1. The van der Waals surface area contributed by atoms with Crippen molar-refractivity contribution in [2.45, 2.75) is 77.4 Å². The van der Waals surface area contributed by atoms with E-state index in [0.29, 0.717) is 17.8 Å². The van der Waals surface area contributed by atoms with Crippen LogP contribution in [-0.2, 0) is 6.61 Å². The molecule has 4 heteroatoms. The van der Waals surface area contributed by atoms with E-state index < -0.39 is 0 Å². The fraction of sp³-hybridized carbons (Fsp3) is 0.857. The predicted molar refractivity (Wildman–Crippen MR) is 71.4 cm³/mol. The molecule has 2 rings (SSSR count). The van der Waals surface area contributed by atoms with Crippen molar-refractivity contribution >= 4 is 0 Å². The maximum Gasteiger partial charge on any atom is 0.159 e. The van der Waals surface area contributed by atoms with Crippen molar-refractivity contribution in [2.75, 3.05) is 0 Å². The second-order valence-corrected chi connectivity index (χ2v) is 5.64. The molecule has 102 valence electrons. The lowest BCUT2D eigenvalue weighted by molar-refractivity contribution is 0.260. The van der Waals surface area contributed by atoms with E-state index in [1.165, 1.54) is 44.9 Å². The summed E-state index contributed by atoms with van der Waals surface area (Å²) in [6, 6.07) is 0.322. The van der Waals surface area contributed by atoms with Gasteiger partial charge in [0, 0.05) is 12.0 Å². The number of aliphatic hydroxyl groups excluding tert-OH is 1. The number of hydrogen-bond donors (Lipinski definition) is 1. The molecule has 1 N–H and O–H groups in total. The molecule has 0 unspecified atom stereocenters. The van der Waals surface area contributed by atoms with Crippen molar-refractivity contribution in [1.29, 1.82) is 0 Å². The van der Waals surface area contributed by atoms with Crippen molar-refractivity contribution in [2.24, 2.45) is 0 Å². The van der Waals surface area contributed by atoms with Gasteiger partial charge in [0.15, 0.2) is 5.82 Å². The molecule has 1 saturated carbocycles. The fourth-order valence-electron chi connectivity index (χ4n) is 3.00. The molecule has 0 saturated heterocycles. The minimum Gasteiger partial charge on any atom is -0.388 e. The second-order valence-electron chi connectivity index (χ2n) is 5.64. The zero-order valence-electron chi connectivity index (χ0n) is 11.6. The third-order valence-corrected chi connectivity index (χ3v) is 3.92. The van der Waals surface area contributed by atoms with Crippen LogP contribution >= 0.6 is 0 Å². The Labute approximate surface area is 109 Å². The summed E-state index contributed by atoms with van der Waals surface area (Å²) in [7, 11) is 0. The molecule has 0 spiro atoms. The van der Waals surface area contributed by atoms with Gasteiger partial charge in [-0.3, -0.25) is 0 Å². The normalized spacial score (nSPS) is 18.9. The largest absolute Gasteiger partial charge is 0.388 e. The highest BCUT2D eigenvalue weighted by atomic mass is 16.3. The lowest BCUT2D eigenvalue weighted by atomic mass is 9.90. The van der Waals surface area contributed by atoms with Gasteiger partial charge in [0.05, 0.1) is 0 Å². The minimum atomic E-state index is -0.0160. The van der Waals surface area contributed by atoms with Crippen LogP contribution < -0.4 is 0 Å². The van der Waals surface area contributed by atoms with Gasteiger partial charge in [0.1, 0.15) is 12.4 Å². The monoisotopic (exact) mass is 251 g/mol. The van der Waals surface area contributed by atoms with Crippen LogP contribution in [0.2, 0.25) is 0 Å². The molecular formula is C14H25N3O. The lowest BCUT2D eigenvalue weighted by Gasteiger charge is -2.22. The number of aromatic nitrogens is 3. The molecule has 1 aromatic rings. The van der Waals surface area contributed by atoms with E-state index in [1.54, 1.807) is 0 Å². The number of rotatable bonds is 3. The van der Waals surface area contributed by atoms with Gasteiger partial charge in [0.25, 0.3) is 0 Å². The van der Waals surface area contributed by atoms with Crippen molar-refractivity contribution in [3.05, 3.63) is 11.6 Å². The molecule has 1 fully saturated rings. The van der Waals surface area contributed by atoms with E-state index in [0.717, 1.165) is 5.82 Å². The molecule has 18 heavy (non-hydrogen) atoms. The van der Waals surface area contributed by atoms with Crippen molar-refractivity contribution in [1.82, 2.24) is 14.8 Å². The Morgan fingerprint density at radius 2 is 1.72 bits per heavy atom. The van der Waals surface area contributed by atoms with Crippen LogP contribution in [0.3, 0.4) is 0 Å². The molecule has 1 aliphatic carbocycles. The zero-order valence-corrected chi connectivity index (χ0v) is 11.6. The summed E-state index contributed by atoms with van der Waals surface area (Å²) >= 11 is 0. The van der Waals surface area contributed by atoms with Gasteiger partial charge >= 0.3 is 0 Å². The summed E-state index contributed by atoms with van der Waals surface area (Å²) in [5.41, 5.74) is 0. The highest BCUT2D eigenvalue weighted by Crippen LogP contribution is 2.31. The van der Waals surface area contributed by atoms with Gasteiger partial charge in [-0.1, -0.05) is 32.1 Å². The Morgan fingerprint density at radius 1 is 1.11 bits per heavy atom. The smallest absolute Gasteiger partial charge is 0.159 e. The lowest BCUT2D eigenvalue weighted by Crippen LogP contribution is -2.14. The molecule has 1 heterocycles. The molecule has 0 amide bonds. The fourth-order valence-corrected chi connectivity index (χ4v) is 3.00. The molecule has 0 aliphatic heterocycles. The van der Waals surface area contributed by atoms with Crippen LogP contribution in [0.25, 0.3) is 0 Å². The van der Waals surface area contributed by atoms with Gasteiger partial charge in [-0.25, -0.2) is 0 Å². The highest BCUT2D eigenvalue weighted by Gasteiger charge is 2.22. The Morgan fingerprint density at radius 3 is 2.28 bits per heavy atom. The van der Waals surface area contributed by atoms with E-state index >= 15 is 0 Å². The third kappa shape index (κ3) is 2.91. The van der Waals surface area contributed by atoms with Crippen LogP contribution in [0, 0.1) is 0 Å². The molecule has 1 aromatic heterocycles. The van der Waals surface area contributed by atoms with E-state index in [9.17, 15) is 5.11 Å². The van der Waals surface area contributed by atoms with E-state index in [-0.39, 0.29) is 6.61 Å². The maximum absolute atomic E-state index is 9.36. The van der Waals surface area contributed by atoms with Crippen LogP contribution in [0.1, 0.15) is 82.4 Å². The highest BCUT2D eigenvalue weighted by molar-refractivity contribution is 5.03. The van der Waals surface area contributed by atoms with Crippen LogP contribution in [-0.4, -0.2) is 19.9 Å². The first-order chi connectivity index (χ1) is 8.74. The number of hydrogen-bond acceptors (Lipinski definition) is 3. The van der Waals surface area contributed by atoms with Gasteiger partial charge in [-0.2, -0.15) is 0 Å². The summed E-state index contributed by atoms with van der Waals surface area (Å²) in [6.07, 6.45) is 9.10. The molecule has 0 atom stereocenters. The Balaban J connectivity index is 2.22. The van der Waals surface area contributed by atoms with Gasteiger partial charge < -0.3 is 9.67 Å². The molecule has 0 aromatic carbocycles. The van der Waals surface area contributed by atoms with E-state index in [4.69, 9.17) is 0 Å². The summed E-state index contributed by atoms with van der Waals surface area (Å²) in [4.78, 5) is 0. The van der Waals surface area contributed by atoms with Gasteiger partial charge in [-0.15, -0.1) is 10.2 Å². The van der Waals surface area contributed by atoms with Crippen LogP contribution in [0.4, 0.5) is 0 Å². The Kier molecular flexibility index (Phi) is 4.75. The summed E-state index contributed by atoms with van der Waals surface area (Å²) in [5.74, 6) is 2.33. The second kappa shape index (κ2) is 6.32. The zero-order chi connectivity index (χ0) is 13.0. The summed E-state index contributed by atoms with van der Waals surface area (Å²) in [6.45, 7) is 4.25. The maximum atomic E-state index is 9.36. The van der Waals surface area contributed by atoms with Crippen molar-refractivity contribution in [3.8, 4) is 0 Å². The predicted octanol–water partition coefficient (Wildman–Crippen LogP) is 3.18. The quantitative estimate of drug-likeness (QED) is 0.897. The Bertz CT molecular complexity index is 365.